The average Bonchev–Trinajstić information content (AvgIpc) is 1.55. The van der Waals surface area contributed by atoms with Gasteiger partial charge in [-0.15, -0.1) is 0 Å². The first-order valence-electron chi connectivity index (χ1n) is 1.83. The first kappa shape index (κ1) is 14.7. The second-order valence-corrected chi connectivity index (χ2v) is 3.29. The van der Waals surface area contributed by atoms with Crippen molar-refractivity contribution in [2.75, 3.05) is 0 Å². The second-order valence-electron chi connectivity index (χ2n) is 1.17. The Morgan fingerprint density at radius 2 is 1.17 bits per heavy atom. The minimum atomic E-state index is -5.16. The number of nitrogens with zero attached hydrogens (tertiary/aromatic N) is 1. The van der Waals surface area contributed by atoms with Crippen molar-refractivity contribution in [2.24, 2.45) is 0 Å². The zero-order valence-electron chi connectivity index (χ0n) is 5.65. The van der Waals surface area contributed by atoms with Gasteiger partial charge in [0.1, 0.15) is 0 Å². The second kappa shape index (κ2) is 5.07. The Morgan fingerprint density at radius 3 is 1.33 bits per heavy atom. The summed E-state index contributed by atoms with van der Waals surface area (Å²) in [5.74, 6) is 0. The molecule has 0 amide bonds. The molecule has 7 nitrogen and oxygen atoms in total. The van der Waals surface area contributed by atoms with Gasteiger partial charge in [0, 0.05) is 0 Å². The van der Waals surface area contributed by atoms with Crippen molar-refractivity contribution in [3.8, 4) is 0 Å². The fourth-order valence-corrected chi connectivity index (χ4v) is 0.495. The minimum Gasteiger partial charge on any atom is -0.500 e. The van der Waals surface area contributed by atoms with E-state index in [1.54, 1.807) is 0 Å². The third-order valence-corrected chi connectivity index (χ3v) is 0.928. The van der Waals surface area contributed by atoms with E-state index < -0.39 is 20.8 Å². The number of hydrogen-bond acceptors (Lipinski definition) is 4. The van der Waals surface area contributed by atoms with Crippen molar-refractivity contribution in [1.29, 1.82) is 0 Å². The molecule has 0 fully saturated rings. The van der Waals surface area contributed by atoms with Crippen LogP contribution in [-0.2, 0) is 20.8 Å². The third-order valence-electron chi connectivity index (χ3n) is 0.309. The predicted octanol–water partition coefficient (Wildman–Crippen LogP) is -4.20. The molecule has 2 N–H and O–H groups in total. The largest absolute Gasteiger partial charge is 1.00 e. The smallest absolute Gasteiger partial charge is 0.500 e. The van der Waals surface area contributed by atoms with Gasteiger partial charge in [-0.1, -0.05) is 7.77 Å². The maximum absolute atomic E-state index is 11.4. The van der Waals surface area contributed by atoms with Crippen LogP contribution in [0.5, 0.6) is 0 Å². The summed E-state index contributed by atoms with van der Waals surface area (Å²) < 4.78 is 60.7. The molecule has 12 heteroatoms. The molecule has 0 saturated heterocycles. The van der Waals surface area contributed by atoms with Crippen molar-refractivity contribution < 1.29 is 43.5 Å². The first-order valence-corrected chi connectivity index (χ1v) is 4.60. The van der Waals surface area contributed by atoms with Crippen LogP contribution in [0, 0.1) is 0 Å². The van der Waals surface area contributed by atoms with Crippen molar-refractivity contribution in [3.05, 3.63) is 5.53 Å². The quantitative estimate of drug-likeness (QED) is 0.283. The molecule has 0 aromatic carbocycles. The van der Waals surface area contributed by atoms with Gasteiger partial charge in [-0.05, 0) is 0 Å². The fourth-order valence-electron chi connectivity index (χ4n) is 0.128. The van der Waals surface area contributed by atoms with Gasteiger partial charge in [-0.25, -0.2) is 0 Å². The Kier molecular flexibility index (Phi) is 6.23. The van der Waals surface area contributed by atoms with Crippen molar-refractivity contribution >= 4 is 20.8 Å². The van der Waals surface area contributed by atoms with Crippen LogP contribution >= 0.6 is 0 Å². The van der Waals surface area contributed by atoms with Gasteiger partial charge >= 0.3 is 39.7 Å². The van der Waals surface area contributed by atoms with E-state index in [9.17, 15) is 24.6 Å². The summed E-state index contributed by atoms with van der Waals surface area (Å²) in [5, 5.41) is 0. The molecule has 0 aliphatic rings. The van der Waals surface area contributed by atoms with Crippen LogP contribution in [0.3, 0.4) is 0 Å². The molecule has 0 unspecified atom stereocenters. The van der Waals surface area contributed by atoms with E-state index in [-0.39, 0.29) is 18.9 Å². The molecule has 0 atom stereocenters. The molecular weight excluding hydrogens is 215 g/mol. The summed E-state index contributed by atoms with van der Waals surface area (Å²) in [5.41, 5.74) is 2.09. The van der Waals surface area contributed by atoms with E-state index in [0.717, 1.165) is 0 Å². The van der Waals surface area contributed by atoms with E-state index in [1.807, 2.05) is 0 Å². The summed E-state index contributed by atoms with van der Waals surface area (Å²) in [6.07, 6.45) is 0. The summed E-state index contributed by atoms with van der Waals surface area (Å²) >= 11 is 0. The van der Waals surface area contributed by atoms with Gasteiger partial charge < -0.3 is 5.53 Å². The Labute approximate surface area is 79.7 Å². The molecule has 0 saturated carbocycles. The van der Waals surface area contributed by atoms with E-state index >= 15 is 0 Å². The molecule has 0 aromatic heterocycles. The van der Waals surface area contributed by atoms with Gasteiger partial charge in [0.2, 0.25) is 0 Å². The van der Waals surface area contributed by atoms with E-state index in [0.29, 0.717) is 9.66 Å². The Hall–Kier alpha value is 0.237. The molecule has 12 heavy (non-hydrogen) atoms. The van der Waals surface area contributed by atoms with Crippen LogP contribution < -0.4 is 28.5 Å². The summed E-state index contributed by atoms with van der Waals surface area (Å²) in [7, 11) is -10.3. The van der Waals surface area contributed by atoms with Crippen molar-refractivity contribution in [1.82, 2.24) is 9.66 Å². The number of nitrogens with one attached hydrogen (secondary N) is 2. The van der Waals surface area contributed by atoms with E-state index in [1.165, 1.54) is 0 Å². The SMILES string of the molecule is O=S(=O)(F)N[N-]NS(=O)(=O)F.[Li+]. The van der Waals surface area contributed by atoms with Crippen LogP contribution in [-0.4, -0.2) is 16.8 Å². The molecule has 0 heterocycles. The molecule has 68 valence electrons. The summed E-state index contributed by atoms with van der Waals surface area (Å²) in [4.78, 5) is 1.36. The summed E-state index contributed by atoms with van der Waals surface area (Å²) in [6, 6.07) is 0. The van der Waals surface area contributed by atoms with Gasteiger partial charge in [0.25, 0.3) is 0 Å². The molecular formula is H2F2LiN3O4S2. The van der Waals surface area contributed by atoms with Gasteiger partial charge in [0.15, 0.2) is 0 Å². The zero-order valence-corrected chi connectivity index (χ0v) is 7.29. The molecule has 0 aliphatic carbocycles. The number of halogens is 2. The molecule has 0 spiro atoms. The molecule has 0 aromatic rings. The van der Waals surface area contributed by atoms with Crippen molar-refractivity contribution in [3.63, 3.8) is 0 Å². The molecule has 0 rings (SSSR count). The average molecular weight is 217 g/mol. The van der Waals surface area contributed by atoms with Crippen LogP contribution in [0.15, 0.2) is 0 Å². The van der Waals surface area contributed by atoms with E-state index in [2.05, 4.69) is 5.53 Å². The standard InChI is InChI=1S/F2H2N3O4S2.Li/c1-10(6,7)4-3-5-11(2,8)9;/h4-5H;/q-1;+1. The zero-order chi connectivity index (χ0) is 9.12. The fraction of sp³-hybridized carbons (Fsp3) is 0. The van der Waals surface area contributed by atoms with Crippen LogP contribution in [0.25, 0.3) is 5.53 Å². The van der Waals surface area contributed by atoms with Gasteiger partial charge in [0.05, 0.1) is 0 Å². The maximum atomic E-state index is 11.4. The van der Waals surface area contributed by atoms with Crippen LogP contribution in [0.1, 0.15) is 0 Å². The first-order chi connectivity index (χ1) is 4.71. The van der Waals surface area contributed by atoms with Crippen molar-refractivity contribution in [2.45, 2.75) is 0 Å². The van der Waals surface area contributed by atoms with Crippen LogP contribution in [0.4, 0.5) is 7.77 Å². The third kappa shape index (κ3) is 12.9. The Morgan fingerprint density at radius 1 is 0.917 bits per heavy atom. The summed E-state index contributed by atoms with van der Waals surface area (Å²) in [6.45, 7) is 0. The predicted molar refractivity (Wildman–Crippen MR) is 29.7 cm³/mol. The molecule has 0 radical (unpaired) electrons. The Bertz CT molecular complexity index is 275. The number of hydrogen-bond donors (Lipinski definition) is 2. The Balaban J connectivity index is 0. The maximum Gasteiger partial charge on any atom is 1.00 e. The van der Waals surface area contributed by atoms with Gasteiger partial charge in [-0.3, -0.25) is 9.66 Å². The monoisotopic (exact) mass is 217 g/mol. The van der Waals surface area contributed by atoms with Gasteiger partial charge in [-0.2, -0.15) is 16.8 Å². The number of rotatable bonds is 4. The molecule has 0 bridgehead atoms. The minimum absolute atomic E-state index is 0. The van der Waals surface area contributed by atoms with E-state index in [4.69, 9.17) is 0 Å². The molecule has 0 aliphatic heterocycles. The normalized spacial score (nSPS) is 12.2. The van der Waals surface area contributed by atoms with Crippen LogP contribution in [0.2, 0.25) is 0 Å². The topological polar surface area (TPSA) is 106 Å².